The van der Waals surface area contributed by atoms with E-state index in [1.165, 1.54) is 25.0 Å². The Morgan fingerprint density at radius 2 is 1.69 bits per heavy atom. The average Bonchev–Trinajstić information content (AvgIpc) is 2.66. The summed E-state index contributed by atoms with van der Waals surface area (Å²) in [7, 11) is -4.24. The summed E-state index contributed by atoms with van der Waals surface area (Å²) in [6.45, 7) is 7.51. The number of sulfone groups is 1. The van der Waals surface area contributed by atoms with Crippen molar-refractivity contribution in [3.8, 4) is 5.75 Å². The summed E-state index contributed by atoms with van der Waals surface area (Å²) < 4.78 is 31.5. The van der Waals surface area contributed by atoms with Crippen LogP contribution in [0.3, 0.4) is 0 Å². The van der Waals surface area contributed by atoms with Crippen LogP contribution in [-0.2, 0) is 14.6 Å². The van der Waals surface area contributed by atoms with Crippen molar-refractivity contribution < 1.29 is 22.7 Å². The fourth-order valence-electron chi connectivity index (χ4n) is 2.83. The SMILES string of the molecule is CCCCCCOc1ccc2cc(S(=O)(=O)C(=[N+]=[N-])C(=O)C(C)(C)C)ccc2c1. The Morgan fingerprint density at radius 1 is 1.03 bits per heavy atom. The zero-order valence-electron chi connectivity index (χ0n) is 17.4. The van der Waals surface area contributed by atoms with Crippen LogP contribution in [0.4, 0.5) is 0 Å². The summed E-state index contributed by atoms with van der Waals surface area (Å²) >= 11 is 0. The number of fused-ring (bicyclic) bond motifs is 1. The second kappa shape index (κ2) is 9.33. The molecule has 2 aromatic rings. The summed E-state index contributed by atoms with van der Waals surface area (Å²) in [6, 6.07) is 9.95. The molecule has 0 aliphatic heterocycles. The zero-order valence-corrected chi connectivity index (χ0v) is 18.3. The van der Waals surface area contributed by atoms with Crippen molar-refractivity contribution in [2.24, 2.45) is 5.41 Å². The Balaban J connectivity index is 2.28. The van der Waals surface area contributed by atoms with Gasteiger partial charge in [-0.25, -0.2) is 8.42 Å². The van der Waals surface area contributed by atoms with Gasteiger partial charge in [-0.2, -0.15) is 0 Å². The number of rotatable bonds is 8. The molecular weight excluding hydrogens is 388 g/mol. The molecule has 0 saturated carbocycles. The zero-order chi connectivity index (χ0) is 21.7. The van der Waals surface area contributed by atoms with Crippen LogP contribution in [-0.4, -0.2) is 30.6 Å². The Hall–Kier alpha value is -2.50. The van der Waals surface area contributed by atoms with Crippen molar-refractivity contribution in [3.05, 3.63) is 41.9 Å². The highest BCUT2D eigenvalue weighted by Crippen LogP contribution is 2.26. The molecule has 0 aliphatic rings. The predicted molar refractivity (Wildman–Crippen MR) is 114 cm³/mol. The molecule has 0 spiro atoms. The topological polar surface area (TPSA) is 96.8 Å². The molecule has 0 N–H and O–H groups in total. The van der Waals surface area contributed by atoms with Crippen LogP contribution < -0.4 is 4.74 Å². The van der Waals surface area contributed by atoms with Gasteiger partial charge in [-0.15, -0.1) is 4.79 Å². The van der Waals surface area contributed by atoms with Crippen molar-refractivity contribution in [3.63, 3.8) is 0 Å². The molecule has 0 saturated heterocycles. The Labute approximate surface area is 172 Å². The van der Waals surface area contributed by atoms with Gasteiger partial charge in [-0.05, 0) is 41.5 Å². The lowest BCUT2D eigenvalue weighted by Crippen LogP contribution is -2.34. The van der Waals surface area contributed by atoms with E-state index in [1.54, 1.807) is 39.0 Å². The van der Waals surface area contributed by atoms with Gasteiger partial charge in [0.25, 0.3) is 15.6 Å². The van der Waals surface area contributed by atoms with E-state index in [4.69, 9.17) is 4.74 Å². The lowest BCUT2D eigenvalue weighted by Gasteiger charge is -2.13. The van der Waals surface area contributed by atoms with Crippen LogP contribution in [0.15, 0.2) is 41.3 Å². The van der Waals surface area contributed by atoms with E-state index in [1.807, 2.05) is 6.07 Å². The van der Waals surface area contributed by atoms with E-state index in [9.17, 15) is 18.7 Å². The van der Waals surface area contributed by atoms with Crippen LogP contribution in [0.2, 0.25) is 0 Å². The molecule has 2 rings (SSSR count). The highest BCUT2D eigenvalue weighted by molar-refractivity contribution is 8.08. The van der Waals surface area contributed by atoms with Gasteiger partial charge in [0.2, 0.25) is 0 Å². The number of carbonyl (C=O) groups excluding carboxylic acids is 1. The van der Waals surface area contributed by atoms with Gasteiger partial charge in [-0.3, -0.25) is 4.79 Å². The Bertz CT molecular complexity index is 1050. The molecule has 0 radical (unpaired) electrons. The third-order valence-corrected chi connectivity index (χ3v) is 6.23. The Kier molecular flexibility index (Phi) is 7.33. The quantitative estimate of drug-likeness (QED) is 0.203. The molecule has 156 valence electrons. The van der Waals surface area contributed by atoms with Gasteiger partial charge in [0.05, 0.1) is 11.5 Å². The van der Waals surface area contributed by atoms with Crippen LogP contribution in [0, 0.1) is 5.41 Å². The second-order valence-corrected chi connectivity index (χ2v) is 9.93. The third kappa shape index (κ3) is 5.52. The standard InChI is InChI=1S/C22H28N2O4S/c1-5-6-7-8-13-28-18-11-9-17-15-19(12-10-16(17)14-18)29(26,27)21(24-23)20(25)22(2,3)4/h9-12,14-15H,5-8,13H2,1-4H3. The number of benzene rings is 2. The molecule has 29 heavy (non-hydrogen) atoms. The van der Waals surface area contributed by atoms with Gasteiger partial charge in [-0.1, -0.05) is 59.1 Å². The van der Waals surface area contributed by atoms with Crippen molar-refractivity contribution in [1.82, 2.24) is 0 Å². The average molecular weight is 417 g/mol. The fraction of sp³-hybridized carbons (Fsp3) is 0.455. The molecule has 0 aromatic heterocycles. The molecule has 0 unspecified atom stereocenters. The summed E-state index contributed by atoms with van der Waals surface area (Å²) in [6.07, 6.45) is 4.49. The molecule has 0 heterocycles. The van der Waals surface area contributed by atoms with Crippen molar-refractivity contribution in [2.45, 2.75) is 58.3 Å². The minimum absolute atomic E-state index is 0.0939. The highest BCUT2D eigenvalue weighted by Gasteiger charge is 2.43. The normalized spacial score (nSPS) is 11.9. The fourth-order valence-corrected chi connectivity index (χ4v) is 4.24. The predicted octanol–water partition coefficient (Wildman–Crippen LogP) is 4.82. The molecule has 0 bridgehead atoms. The van der Waals surface area contributed by atoms with E-state index in [0.29, 0.717) is 12.0 Å². The van der Waals surface area contributed by atoms with E-state index in [-0.39, 0.29) is 4.90 Å². The number of unbranched alkanes of at least 4 members (excludes halogenated alkanes) is 3. The first-order chi connectivity index (χ1) is 13.6. The van der Waals surface area contributed by atoms with Crippen molar-refractivity contribution in [1.29, 1.82) is 0 Å². The minimum atomic E-state index is -4.24. The van der Waals surface area contributed by atoms with Crippen molar-refractivity contribution >= 4 is 31.4 Å². The first-order valence-electron chi connectivity index (χ1n) is 9.80. The monoisotopic (exact) mass is 416 g/mol. The third-order valence-electron chi connectivity index (χ3n) is 4.58. The molecule has 0 aliphatic carbocycles. The molecular formula is C22H28N2O4S. The number of ether oxygens (including phenoxy) is 1. The first kappa shape index (κ1) is 22.8. The molecule has 0 amide bonds. The number of hydrogen-bond acceptors (Lipinski definition) is 4. The van der Waals surface area contributed by atoms with Crippen LogP contribution in [0.5, 0.6) is 5.75 Å². The van der Waals surface area contributed by atoms with E-state index >= 15 is 0 Å². The van der Waals surface area contributed by atoms with E-state index < -0.39 is 26.1 Å². The molecule has 2 aromatic carbocycles. The van der Waals surface area contributed by atoms with E-state index in [0.717, 1.165) is 24.0 Å². The number of nitrogens with zero attached hydrogens (tertiary/aromatic N) is 2. The van der Waals surface area contributed by atoms with Crippen LogP contribution in [0.1, 0.15) is 53.4 Å². The lowest BCUT2D eigenvalue weighted by atomic mass is 9.91. The summed E-state index contributed by atoms with van der Waals surface area (Å²) in [5.41, 5.74) is 8.22. The van der Waals surface area contributed by atoms with Crippen LogP contribution in [0.25, 0.3) is 16.3 Å². The second-order valence-electron chi connectivity index (χ2n) is 8.07. The van der Waals surface area contributed by atoms with Gasteiger partial charge in [0, 0.05) is 5.41 Å². The number of carbonyl (C=O) groups is 1. The first-order valence-corrected chi connectivity index (χ1v) is 11.3. The lowest BCUT2D eigenvalue weighted by molar-refractivity contribution is -0.123. The van der Waals surface area contributed by atoms with Gasteiger partial charge in [0.1, 0.15) is 5.75 Å². The van der Waals surface area contributed by atoms with E-state index in [2.05, 4.69) is 11.7 Å². The van der Waals surface area contributed by atoms with Gasteiger partial charge < -0.3 is 10.3 Å². The molecule has 0 fully saturated rings. The maximum absolute atomic E-state index is 12.9. The molecule has 6 nitrogen and oxygen atoms in total. The maximum atomic E-state index is 12.9. The number of hydrogen-bond donors (Lipinski definition) is 0. The van der Waals surface area contributed by atoms with Crippen LogP contribution >= 0.6 is 0 Å². The minimum Gasteiger partial charge on any atom is -0.494 e. The largest absolute Gasteiger partial charge is 0.494 e. The van der Waals surface area contributed by atoms with Gasteiger partial charge in [0.15, 0.2) is 0 Å². The molecule has 0 atom stereocenters. The number of Topliss-reactive ketones (excluding diaryl/α,β-unsaturated/α-hetero) is 1. The number of ketones is 1. The van der Waals surface area contributed by atoms with Crippen molar-refractivity contribution in [2.75, 3.05) is 6.61 Å². The maximum Gasteiger partial charge on any atom is 0.452 e. The smallest absolute Gasteiger partial charge is 0.452 e. The van der Waals surface area contributed by atoms with Gasteiger partial charge >= 0.3 is 5.04 Å². The summed E-state index contributed by atoms with van der Waals surface area (Å²) in [4.78, 5) is 15.1. The molecule has 7 heteroatoms. The highest BCUT2D eigenvalue weighted by atomic mass is 32.2. The summed E-state index contributed by atoms with van der Waals surface area (Å²) in [5.74, 6) is -0.0166. The Morgan fingerprint density at radius 3 is 2.31 bits per heavy atom. The summed E-state index contributed by atoms with van der Waals surface area (Å²) in [5, 5.41) is 0.654.